The van der Waals surface area contributed by atoms with Crippen LogP contribution in [0.4, 0.5) is 5.82 Å². The third-order valence-corrected chi connectivity index (χ3v) is 4.36. The molecule has 2 N–H and O–H groups in total. The van der Waals surface area contributed by atoms with Crippen molar-refractivity contribution in [3.63, 3.8) is 0 Å². The molecular weight excluding hydrogens is 342 g/mol. The molecule has 7 nitrogen and oxygen atoms in total. The minimum absolute atomic E-state index is 0.226. The molecule has 0 saturated heterocycles. The SMILES string of the molecule is C[C@H](NC(=O)c1ccc(NC2CC2)nc1)c1nc(Cc2ccccc2)no1. The zero-order valence-electron chi connectivity index (χ0n) is 15.1. The number of aromatic nitrogens is 3. The molecule has 1 saturated carbocycles. The van der Waals surface area contributed by atoms with Crippen molar-refractivity contribution >= 4 is 11.7 Å². The van der Waals surface area contributed by atoms with Crippen LogP contribution in [0.25, 0.3) is 0 Å². The van der Waals surface area contributed by atoms with Crippen molar-refractivity contribution in [3.05, 3.63) is 71.5 Å². The highest BCUT2D eigenvalue weighted by Crippen LogP contribution is 2.23. The van der Waals surface area contributed by atoms with Gasteiger partial charge in [0.15, 0.2) is 5.82 Å². The smallest absolute Gasteiger partial charge is 0.253 e. The molecule has 1 aliphatic rings. The summed E-state index contributed by atoms with van der Waals surface area (Å²) in [7, 11) is 0. The Morgan fingerprint density at radius 2 is 2.04 bits per heavy atom. The molecule has 1 fully saturated rings. The third kappa shape index (κ3) is 4.49. The molecule has 27 heavy (non-hydrogen) atoms. The number of carbonyl (C=O) groups is 1. The van der Waals surface area contributed by atoms with E-state index < -0.39 is 6.04 Å². The van der Waals surface area contributed by atoms with Crippen molar-refractivity contribution in [3.8, 4) is 0 Å². The second-order valence-corrected chi connectivity index (χ2v) is 6.76. The molecule has 1 amide bonds. The highest BCUT2D eigenvalue weighted by molar-refractivity contribution is 5.94. The summed E-state index contributed by atoms with van der Waals surface area (Å²) < 4.78 is 5.30. The van der Waals surface area contributed by atoms with Crippen molar-refractivity contribution in [1.29, 1.82) is 0 Å². The number of nitrogens with one attached hydrogen (secondary N) is 2. The highest BCUT2D eigenvalue weighted by atomic mass is 16.5. The van der Waals surface area contributed by atoms with E-state index in [1.165, 1.54) is 12.8 Å². The zero-order valence-corrected chi connectivity index (χ0v) is 15.1. The van der Waals surface area contributed by atoms with E-state index in [-0.39, 0.29) is 5.91 Å². The lowest BCUT2D eigenvalue weighted by molar-refractivity contribution is 0.0932. The first-order valence-electron chi connectivity index (χ1n) is 9.07. The summed E-state index contributed by atoms with van der Waals surface area (Å²) in [5, 5.41) is 10.2. The maximum absolute atomic E-state index is 12.4. The summed E-state index contributed by atoms with van der Waals surface area (Å²) >= 11 is 0. The molecule has 0 radical (unpaired) electrons. The lowest BCUT2D eigenvalue weighted by atomic mass is 10.1. The van der Waals surface area contributed by atoms with Crippen LogP contribution in [0.5, 0.6) is 0 Å². The van der Waals surface area contributed by atoms with Gasteiger partial charge >= 0.3 is 0 Å². The Bertz CT molecular complexity index is 904. The van der Waals surface area contributed by atoms with E-state index in [9.17, 15) is 4.79 Å². The van der Waals surface area contributed by atoms with E-state index in [0.29, 0.717) is 29.7 Å². The summed E-state index contributed by atoms with van der Waals surface area (Å²) in [6.45, 7) is 1.81. The van der Waals surface area contributed by atoms with Crippen LogP contribution in [0, 0.1) is 0 Å². The Balaban J connectivity index is 1.35. The number of hydrogen-bond donors (Lipinski definition) is 2. The van der Waals surface area contributed by atoms with Crippen molar-refractivity contribution in [1.82, 2.24) is 20.4 Å². The third-order valence-electron chi connectivity index (χ3n) is 4.36. The van der Waals surface area contributed by atoms with E-state index >= 15 is 0 Å². The largest absolute Gasteiger partial charge is 0.367 e. The first kappa shape index (κ1) is 17.2. The van der Waals surface area contributed by atoms with E-state index in [4.69, 9.17) is 4.52 Å². The second-order valence-electron chi connectivity index (χ2n) is 6.76. The van der Waals surface area contributed by atoms with Crippen LogP contribution >= 0.6 is 0 Å². The van der Waals surface area contributed by atoms with Crippen LogP contribution in [-0.4, -0.2) is 27.1 Å². The quantitative estimate of drug-likeness (QED) is 0.670. The molecule has 1 atom stereocenters. The monoisotopic (exact) mass is 363 g/mol. The van der Waals surface area contributed by atoms with Gasteiger partial charge < -0.3 is 15.2 Å². The molecule has 7 heteroatoms. The van der Waals surface area contributed by atoms with Crippen LogP contribution in [0.1, 0.15) is 53.4 Å². The Morgan fingerprint density at radius 3 is 2.74 bits per heavy atom. The van der Waals surface area contributed by atoms with Gasteiger partial charge in [0.05, 0.1) is 5.56 Å². The van der Waals surface area contributed by atoms with E-state index in [1.807, 2.05) is 43.3 Å². The maximum atomic E-state index is 12.4. The summed E-state index contributed by atoms with van der Waals surface area (Å²) in [6.07, 6.45) is 4.52. The minimum Gasteiger partial charge on any atom is -0.367 e. The predicted octanol–water partition coefficient (Wildman–Crippen LogP) is 3.12. The number of nitrogens with zero attached hydrogens (tertiary/aromatic N) is 3. The molecule has 0 spiro atoms. The fourth-order valence-corrected chi connectivity index (χ4v) is 2.69. The first-order valence-corrected chi connectivity index (χ1v) is 9.07. The fraction of sp³-hybridized carbons (Fsp3) is 0.300. The van der Waals surface area contributed by atoms with Gasteiger partial charge in [-0.3, -0.25) is 4.79 Å². The summed E-state index contributed by atoms with van der Waals surface area (Å²) in [6, 6.07) is 13.6. The molecule has 0 bridgehead atoms. The molecular formula is C20H21N5O2. The van der Waals surface area contributed by atoms with Crippen molar-refractivity contribution in [2.45, 2.75) is 38.3 Å². The molecule has 0 aliphatic heterocycles. The lowest BCUT2D eigenvalue weighted by Gasteiger charge is -2.10. The number of amides is 1. The summed E-state index contributed by atoms with van der Waals surface area (Å²) in [4.78, 5) is 21.1. The Kier molecular flexibility index (Phi) is 4.82. The van der Waals surface area contributed by atoms with E-state index in [0.717, 1.165) is 11.4 Å². The van der Waals surface area contributed by atoms with Crippen LogP contribution < -0.4 is 10.6 Å². The molecule has 2 heterocycles. The number of hydrogen-bond acceptors (Lipinski definition) is 6. The van der Waals surface area contributed by atoms with Crippen molar-refractivity contribution in [2.75, 3.05) is 5.32 Å². The van der Waals surface area contributed by atoms with Gasteiger partial charge in [0.2, 0.25) is 5.89 Å². The summed E-state index contributed by atoms with van der Waals surface area (Å²) in [5.74, 6) is 1.55. The molecule has 138 valence electrons. The lowest BCUT2D eigenvalue weighted by Crippen LogP contribution is -2.27. The van der Waals surface area contributed by atoms with Crippen LogP contribution in [0.2, 0.25) is 0 Å². The van der Waals surface area contributed by atoms with Crippen molar-refractivity contribution < 1.29 is 9.32 Å². The molecule has 2 aromatic heterocycles. The van der Waals surface area contributed by atoms with Gasteiger partial charge in [-0.2, -0.15) is 4.98 Å². The molecule has 0 unspecified atom stereocenters. The number of carbonyl (C=O) groups excluding carboxylic acids is 1. The molecule has 4 rings (SSSR count). The number of benzene rings is 1. The van der Waals surface area contributed by atoms with Gasteiger partial charge in [-0.05, 0) is 37.5 Å². The first-order chi connectivity index (χ1) is 13.2. The van der Waals surface area contributed by atoms with Gasteiger partial charge in [-0.25, -0.2) is 4.98 Å². The predicted molar refractivity (Wildman–Crippen MR) is 100 cm³/mol. The van der Waals surface area contributed by atoms with Gasteiger partial charge in [-0.1, -0.05) is 35.5 Å². The average Bonchev–Trinajstić information content (AvgIpc) is 3.38. The van der Waals surface area contributed by atoms with Gasteiger partial charge in [-0.15, -0.1) is 0 Å². The number of pyridine rings is 1. The normalized spacial score (nSPS) is 14.6. The Hall–Kier alpha value is -3.22. The second kappa shape index (κ2) is 7.57. The topological polar surface area (TPSA) is 92.9 Å². The number of rotatable bonds is 7. The van der Waals surface area contributed by atoms with Crippen LogP contribution in [0.3, 0.4) is 0 Å². The molecule has 1 aromatic carbocycles. The van der Waals surface area contributed by atoms with Gasteiger partial charge in [0.25, 0.3) is 5.91 Å². The standard InChI is InChI=1S/C20H21N5O2/c1-13(20-24-18(25-27-20)11-14-5-3-2-4-6-14)22-19(26)15-7-10-17(21-12-15)23-16-8-9-16/h2-7,10,12-13,16H,8-9,11H2,1H3,(H,21,23)(H,22,26)/t13-/m0/s1. The minimum atomic E-state index is -0.390. The Labute approximate surface area is 157 Å². The molecule has 1 aliphatic carbocycles. The average molecular weight is 363 g/mol. The van der Waals surface area contributed by atoms with Crippen LogP contribution in [0.15, 0.2) is 53.2 Å². The van der Waals surface area contributed by atoms with E-state index in [2.05, 4.69) is 25.8 Å². The molecule has 3 aromatic rings. The van der Waals surface area contributed by atoms with Gasteiger partial charge in [0.1, 0.15) is 11.9 Å². The van der Waals surface area contributed by atoms with Gasteiger partial charge in [0, 0.05) is 18.7 Å². The number of anilines is 1. The van der Waals surface area contributed by atoms with Crippen molar-refractivity contribution in [2.24, 2.45) is 0 Å². The summed E-state index contributed by atoms with van der Waals surface area (Å²) in [5.41, 5.74) is 1.60. The highest BCUT2D eigenvalue weighted by Gasteiger charge is 2.21. The maximum Gasteiger partial charge on any atom is 0.253 e. The zero-order chi connectivity index (χ0) is 18.6. The van der Waals surface area contributed by atoms with E-state index in [1.54, 1.807) is 12.3 Å². The Morgan fingerprint density at radius 1 is 1.22 bits per heavy atom. The fourth-order valence-electron chi connectivity index (χ4n) is 2.69. The van der Waals surface area contributed by atoms with Crippen LogP contribution in [-0.2, 0) is 6.42 Å².